The molecule has 2 aliphatic rings. The number of carbonyl (C=O) groups is 3. The first-order chi connectivity index (χ1) is 18.2. The molecule has 1 saturated heterocycles. The van der Waals surface area contributed by atoms with E-state index in [1.165, 1.54) is 6.07 Å². The van der Waals surface area contributed by atoms with Crippen molar-refractivity contribution in [3.8, 4) is 5.75 Å². The Hall–Kier alpha value is -4.15. The van der Waals surface area contributed by atoms with Gasteiger partial charge in [0.2, 0.25) is 5.91 Å². The number of nitrogens with one attached hydrogen (secondary N) is 2. The van der Waals surface area contributed by atoms with Gasteiger partial charge in [0.15, 0.2) is 0 Å². The van der Waals surface area contributed by atoms with E-state index in [0.29, 0.717) is 42.8 Å². The summed E-state index contributed by atoms with van der Waals surface area (Å²) in [6, 6.07) is 3.97. The van der Waals surface area contributed by atoms with E-state index < -0.39 is 18.0 Å². The first-order valence-electron chi connectivity index (χ1n) is 12.7. The number of carboxylic acids is 2. The number of rotatable bonds is 12. The van der Waals surface area contributed by atoms with Gasteiger partial charge in [-0.15, -0.1) is 0 Å². The van der Waals surface area contributed by atoms with E-state index >= 15 is 0 Å². The average Bonchev–Trinajstić information content (AvgIpc) is 2.85. The maximum absolute atomic E-state index is 13.0. The summed E-state index contributed by atoms with van der Waals surface area (Å²) in [5.41, 5.74) is 7.63. The van der Waals surface area contributed by atoms with Gasteiger partial charge in [-0.3, -0.25) is 24.8 Å². The molecule has 3 rings (SSSR count). The number of nitrogen functional groups attached to an aromatic ring is 1. The Labute approximate surface area is 221 Å². The highest BCUT2D eigenvalue weighted by Crippen LogP contribution is 2.24. The minimum Gasteiger partial charge on any atom is -0.491 e. The molecule has 0 aromatic heterocycles. The highest BCUT2D eigenvalue weighted by Gasteiger charge is 2.28. The van der Waals surface area contributed by atoms with Crippen molar-refractivity contribution < 1.29 is 29.3 Å². The third-order valence-corrected chi connectivity index (χ3v) is 6.49. The minimum atomic E-state index is -1.08. The first-order valence-corrected chi connectivity index (χ1v) is 12.7. The molecule has 0 aliphatic carbocycles. The third kappa shape index (κ3) is 8.75. The van der Waals surface area contributed by atoms with Crippen LogP contribution >= 0.6 is 0 Å². The molecule has 1 aromatic rings. The van der Waals surface area contributed by atoms with Crippen LogP contribution in [0.25, 0.3) is 0 Å². The number of ether oxygens (including phenoxy) is 1. The van der Waals surface area contributed by atoms with Crippen molar-refractivity contribution in [1.29, 1.82) is 5.41 Å². The number of hydrogen-bond donors (Lipinski definition) is 5. The predicted molar refractivity (Wildman–Crippen MR) is 143 cm³/mol. The van der Waals surface area contributed by atoms with E-state index in [2.05, 4.69) is 27.4 Å². The number of carboxylic acid groups (broad SMARTS) is 2. The van der Waals surface area contributed by atoms with Gasteiger partial charge in [0, 0.05) is 49.4 Å². The van der Waals surface area contributed by atoms with Gasteiger partial charge in [-0.1, -0.05) is 18.2 Å². The Morgan fingerprint density at radius 1 is 1.21 bits per heavy atom. The lowest BCUT2D eigenvalue weighted by atomic mass is 9.95. The van der Waals surface area contributed by atoms with E-state index in [-0.39, 0.29) is 43.5 Å². The molecule has 38 heavy (non-hydrogen) atoms. The zero-order chi connectivity index (χ0) is 27.5. The van der Waals surface area contributed by atoms with Crippen LogP contribution in [0.3, 0.4) is 0 Å². The smallest absolute Gasteiger partial charge is 0.305 e. The largest absolute Gasteiger partial charge is 0.491 e. The van der Waals surface area contributed by atoms with E-state index in [0.717, 1.165) is 18.7 Å². The van der Waals surface area contributed by atoms with Crippen molar-refractivity contribution in [3.05, 3.63) is 53.3 Å². The molecule has 6 N–H and O–H groups in total. The number of amidine groups is 1. The van der Waals surface area contributed by atoms with Crippen LogP contribution < -0.4 is 15.8 Å². The van der Waals surface area contributed by atoms with Crippen LogP contribution in [0.1, 0.15) is 43.2 Å². The quantitative estimate of drug-likeness (QED) is 0.203. The number of amides is 1. The van der Waals surface area contributed by atoms with E-state index in [4.69, 9.17) is 21.0 Å². The van der Waals surface area contributed by atoms with Crippen molar-refractivity contribution in [2.24, 2.45) is 16.6 Å². The van der Waals surface area contributed by atoms with Gasteiger partial charge in [0.1, 0.15) is 18.2 Å². The molecule has 1 amide bonds. The summed E-state index contributed by atoms with van der Waals surface area (Å²) < 4.78 is 5.87. The van der Waals surface area contributed by atoms with Crippen molar-refractivity contribution in [2.45, 2.75) is 44.6 Å². The summed E-state index contributed by atoms with van der Waals surface area (Å²) >= 11 is 0. The number of aryl methyl sites for hydroxylation is 1. The summed E-state index contributed by atoms with van der Waals surface area (Å²) in [7, 11) is 0. The molecular formula is C27H35N5O6. The van der Waals surface area contributed by atoms with Crippen molar-refractivity contribution in [3.63, 3.8) is 0 Å². The van der Waals surface area contributed by atoms with Crippen LogP contribution in [0.2, 0.25) is 0 Å². The normalized spacial score (nSPS) is 18.0. The summed E-state index contributed by atoms with van der Waals surface area (Å²) in [6.07, 6.45) is 9.85. The maximum atomic E-state index is 13.0. The minimum absolute atomic E-state index is 0.122. The summed E-state index contributed by atoms with van der Waals surface area (Å²) in [5.74, 6) is -2.39. The van der Waals surface area contributed by atoms with Crippen LogP contribution in [-0.4, -0.2) is 77.3 Å². The number of nitrogens with two attached hydrogens (primary N) is 1. The van der Waals surface area contributed by atoms with Crippen LogP contribution in [0.15, 0.2) is 47.1 Å². The highest BCUT2D eigenvalue weighted by molar-refractivity contribution is 5.95. The van der Waals surface area contributed by atoms with Crippen LogP contribution in [0, 0.1) is 11.3 Å². The molecule has 2 heterocycles. The monoisotopic (exact) mass is 525 g/mol. The van der Waals surface area contributed by atoms with E-state index in [1.54, 1.807) is 12.1 Å². The number of nitrogens with zero attached hydrogens (tertiary/aromatic N) is 2. The molecular weight excluding hydrogens is 490 g/mol. The molecule has 0 saturated carbocycles. The average molecular weight is 526 g/mol. The second kappa shape index (κ2) is 14.0. The lowest BCUT2D eigenvalue weighted by molar-refractivity contribution is -0.139. The SMILES string of the molecule is N=C(N)c1ccc(CCC(=O)O)c(OC[C@@H](CC(=O)O)NC(=O)C2CCN(/C3=C/C=NCCC=C3)CC2)c1. The van der Waals surface area contributed by atoms with Gasteiger partial charge in [-0.25, -0.2) is 0 Å². The fourth-order valence-corrected chi connectivity index (χ4v) is 4.40. The fourth-order valence-electron chi connectivity index (χ4n) is 4.40. The van der Waals surface area contributed by atoms with E-state index in [1.807, 2.05) is 12.3 Å². The van der Waals surface area contributed by atoms with Gasteiger partial charge in [0.05, 0.1) is 12.5 Å². The van der Waals surface area contributed by atoms with Gasteiger partial charge >= 0.3 is 11.9 Å². The standard InChI is InChI=1S/C27H35N5O6/c28-26(29)20-5-4-18(6-7-24(33)34)23(15-20)38-17-21(16-25(35)36)31-27(37)19-9-13-32(14-10-19)22-3-1-2-11-30-12-8-22/h1,3-5,8,12,15,19,21H,2,6-7,9-11,13-14,16-17H2,(H3,28,29)(H,31,37)(H,33,34)(H,35,36)/b3-1?,22-8+,30-12?/t21-/m1/s1. The molecule has 0 unspecified atom stereocenters. The Morgan fingerprint density at radius 3 is 2.66 bits per heavy atom. The number of likely N-dealkylation sites (tertiary alicyclic amines) is 1. The number of benzene rings is 1. The molecule has 11 heteroatoms. The Kier molecular flexibility index (Phi) is 10.4. The number of piperidine rings is 1. The summed E-state index contributed by atoms with van der Waals surface area (Å²) in [6.45, 7) is 2.05. The molecule has 1 atom stereocenters. The summed E-state index contributed by atoms with van der Waals surface area (Å²) in [5, 5.41) is 28.9. The molecule has 11 nitrogen and oxygen atoms in total. The molecule has 1 fully saturated rings. The van der Waals surface area contributed by atoms with Gasteiger partial charge in [0.25, 0.3) is 0 Å². The zero-order valence-corrected chi connectivity index (χ0v) is 21.3. The van der Waals surface area contributed by atoms with Crippen LogP contribution in [0.4, 0.5) is 0 Å². The van der Waals surface area contributed by atoms with Crippen LogP contribution in [-0.2, 0) is 20.8 Å². The number of hydrogen-bond acceptors (Lipinski definition) is 7. The predicted octanol–water partition coefficient (Wildman–Crippen LogP) is 1.95. The second-order valence-electron chi connectivity index (χ2n) is 9.34. The maximum Gasteiger partial charge on any atom is 0.305 e. The topological polar surface area (TPSA) is 178 Å². The van der Waals surface area contributed by atoms with Gasteiger partial charge in [-0.05, 0) is 49.5 Å². The Bertz CT molecular complexity index is 1120. The number of allylic oxidation sites excluding steroid dienone is 2. The second-order valence-corrected chi connectivity index (χ2v) is 9.34. The number of carbonyl (C=O) groups excluding carboxylic acids is 1. The van der Waals surface area contributed by atoms with Crippen LogP contribution in [0.5, 0.6) is 5.75 Å². The molecule has 2 aliphatic heterocycles. The first kappa shape index (κ1) is 28.4. The van der Waals surface area contributed by atoms with Crippen molar-refractivity contribution in [2.75, 3.05) is 26.2 Å². The number of aliphatic carboxylic acids is 2. The molecule has 0 bridgehead atoms. The molecule has 0 radical (unpaired) electrons. The lowest BCUT2D eigenvalue weighted by Crippen LogP contribution is -2.46. The van der Waals surface area contributed by atoms with Crippen molar-refractivity contribution >= 4 is 29.9 Å². The molecule has 204 valence electrons. The van der Waals surface area contributed by atoms with Gasteiger partial charge < -0.3 is 30.9 Å². The Balaban J connectivity index is 1.62. The molecule has 0 spiro atoms. The lowest BCUT2D eigenvalue weighted by Gasteiger charge is -2.34. The molecule has 1 aromatic carbocycles. The van der Waals surface area contributed by atoms with E-state index in [9.17, 15) is 19.5 Å². The van der Waals surface area contributed by atoms with Gasteiger partial charge in [-0.2, -0.15) is 0 Å². The number of aliphatic imine (C=N–C) groups is 1. The zero-order valence-electron chi connectivity index (χ0n) is 21.3. The van der Waals surface area contributed by atoms with Crippen molar-refractivity contribution in [1.82, 2.24) is 10.2 Å². The summed E-state index contributed by atoms with van der Waals surface area (Å²) in [4.78, 5) is 42.1. The highest BCUT2D eigenvalue weighted by atomic mass is 16.5. The fraction of sp³-hybridized carbons (Fsp3) is 0.444. The Morgan fingerprint density at radius 2 is 1.97 bits per heavy atom. The third-order valence-electron chi connectivity index (χ3n) is 6.49.